The lowest BCUT2D eigenvalue weighted by Crippen LogP contribution is -2.50. The molecular formula is C34H44FN5O5S. The smallest absolute Gasteiger partial charge is 0.251 e. The fourth-order valence-electron chi connectivity index (χ4n) is 4.57. The first-order valence-corrected chi connectivity index (χ1v) is 17.0. The van der Waals surface area contributed by atoms with Crippen molar-refractivity contribution in [3.63, 3.8) is 0 Å². The lowest BCUT2D eigenvalue weighted by atomic mass is 10.0. The van der Waals surface area contributed by atoms with E-state index in [1.165, 1.54) is 37.4 Å². The van der Waals surface area contributed by atoms with E-state index < -0.39 is 45.8 Å². The summed E-state index contributed by atoms with van der Waals surface area (Å²) in [5, 5.41) is 11.9. The third-order valence-corrected chi connectivity index (χ3v) is 8.63. The van der Waals surface area contributed by atoms with Gasteiger partial charge >= 0.3 is 0 Å². The molecule has 0 aromatic heterocycles. The van der Waals surface area contributed by atoms with Gasteiger partial charge in [0.05, 0.1) is 24.0 Å². The predicted octanol–water partition coefficient (Wildman–Crippen LogP) is 3.80. The van der Waals surface area contributed by atoms with Crippen molar-refractivity contribution in [1.82, 2.24) is 21.3 Å². The highest BCUT2D eigenvalue weighted by atomic mass is 32.2. The monoisotopic (exact) mass is 653 g/mol. The van der Waals surface area contributed by atoms with Crippen molar-refractivity contribution in [2.45, 2.75) is 52.2 Å². The number of rotatable bonds is 15. The number of anilines is 1. The maximum atomic E-state index is 13.7. The number of carbonyl (C=O) groups is 3. The van der Waals surface area contributed by atoms with Crippen molar-refractivity contribution in [2.24, 2.45) is 5.92 Å². The highest BCUT2D eigenvalue weighted by Gasteiger charge is 2.23. The Morgan fingerprint density at radius 3 is 1.98 bits per heavy atom. The molecule has 0 saturated heterocycles. The Bertz CT molecular complexity index is 1600. The molecule has 10 nitrogen and oxygen atoms in total. The Hall–Kier alpha value is -4.29. The molecule has 0 aliphatic carbocycles. The highest BCUT2D eigenvalue weighted by Crippen LogP contribution is 2.22. The summed E-state index contributed by atoms with van der Waals surface area (Å²) in [6.45, 7) is 8.31. The number of nitrogens with zero attached hydrogens (tertiary/aromatic N) is 1. The summed E-state index contributed by atoms with van der Waals surface area (Å²) in [7, 11) is -2.39. The molecule has 1 unspecified atom stereocenters. The summed E-state index contributed by atoms with van der Waals surface area (Å²) < 4.78 is 39.2. The normalized spacial score (nSPS) is 13.4. The first-order valence-electron chi connectivity index (χ1n) is 15.1. The fourth-order valence-corrected chi connectivity index (χ4v) is 5.06. The van der Waals surface area contributed by atoms with Gasteiger partial charge in [-0.25, -0.2) is 12.8 Å². The van der Waals surface area contributed by atoms with Gasteiger partial charge in [0.2, 0.25) is 15.9 Å². The molecule has 0 aliphatic rings. The molecule has 4 N–H and O–H groups in total. The Labute approximate surface area is 271 Å². The van der Waals surface area contributed by atoms with Crippen LogP contribution in [0.2, 0.25) is 0 Å². The SMILES string of the molecule is CC(C)CNC(=O)C(C)NC[C@H](Cc1ccccc1)NC(=O)c1cc(C(=O)N[C@H](C)c2ccc(F)cc2)cc(N(C)S(C)(=O)=O)c1. The summed E-state index contributed by atoms with van der Waals surface area (Å²) in [5.74, 6) is -1.32. The van der Waals surface area contributed by atoms with Gasteiger partial charge in [0.15, 0.2) is 0 Å². The van der Waals surface area contributed by atoms with Crippen molar-refractivity contribution in [3.8, 4) is 0 Å². The Morgan fingerprint density at radius 2 is 1.41 bits per heavy atom. The van der Waals surface area contributed by atoms with E-state index in [-0.39, 0.29) is 29.3 Å². The van der Waals surface area contributed by atoms with Crippen LogP contribution in [0.25, 0.3) is 0 Å². The lowest BCUT2D eigenvalue weighted by Gasteiger charge is -2.23. The molecule has 3 rings (SSSR count). The van der Waals surface area contributed by atoms with E-state index >= 15 is 0 Å². The van der Waals surface area contributed by atoms with Crippen molar-refractivity contribution in [3.05, 3.63) is 101 Å². The first kappa shape index (κ1) is 36.2. The number of hydrogen-bond donors (Lipinski definition) is 4. The quantitative estimate of drug-likeness (QED) is 0.197. The van der Waals surface area contributed by atoms with Gasteiger partial charge in [-0.05, 0) is 67.6 Å². The summed E-state index contributed by atoms with van der Waals surface area (Å²) in [6.07, 6.45) is 1.47. The standard InChI is InChI=1S/C34H44FN5O5S/c1-22(2)20-37-32(41)24(4)36-21-30(16-25-10-8-7-9-11-25)39-34(43)28-17-27(18-31(19-28)40(5)46(6,44)45)33(42)38-23(3)26-12-14-29(35)15-13-26/h7-15,17-19,22-24,30,36H,16,20-21H2,1-6H3,(H,37,41)(H,38,42)(H,39,43)/t23-,24?,30+/m1/s1. The minimum Gasteiger partial charge on any atom is -0.354 e. The van der Waals surface area contributed by atoms with Crippen LogP contribution in [0.3, 0.4) is 0 Å². The number of sulfonamides is 1. The Morgan fingerprint density at radius 1 is 0.826 bits per heavy atom. The molecule has 0 heterocycles. The number of carbonyl (C=O) groups excluding carboxylic acids is 3. The highest BCUT2D eigenvalue weighted by molar-refractivity contribution is 7.92. The van der Waals surface area contributed by atoms with E-state index in [2.05, 4.69) is 21.3 Å². The average Bonchev–Trinajstić information content (AvgIpc) is 3.01. The van der Waals surface area contributed by atoms with Crippen LogP contribution in [-0.4, -0.2) is 64.6 Å². The maximum absolute atomic E-state index is 13.7. The van der Waals surface area contributed by atoms with Gasteiger partial charge < -0.3 is 21.3 Å². The summed E-state index contributed by atoms with van der Waals surface area (Å²) in [4.78, 5) is 39.6. The molecule has 0 aliphatic heterocycles. The summed E-state index contributed by atoms with van der Waals surface area (Å²) in [5.41, 5.74) is 1.91. The van der Waals surface area contributed by atoms with Gasteiger partial charge in [0.25, 0.3) is 11.8 Å². The van der Waals surface area contributed by atoms with Crippen LogP contribution in [0.1, 0.15) is 65.6 Å². The molecule has 0 fully saturated rings. The van der Waals surface area contributed by atoms with Crippen molar-refractivity contribution in [2.75, 3.05) is 30.7 Å². The average molecular weight is 654 g/mol. The minimum atomic E-state index is -3.72. The third-order valence-electron chi connectivity index (χ3n) is 7.43. The molecule has 3 amide bonds. The zero-order valence-electron chi connectivity index (χ0n) is 27.1. The fraction of sp³-hybridized carbons (Fsp3) is 0.382. The number of nitrogens with one attached hydrogen (secondary N) is 4. The van der Waals surface area contributed by atoms with Gasteiger partial charge in [-0.15, -0.1) is 0 Å². The molecule has 0 spiro atoms. The van der Waals surface area contributed by atoms with Gasteiger partial charge in [0, 0.05) is 37.3 Å². The Kier molecular flexibility index (Phi) is 12.8. The van der Waals surface area contributed by atoms with Crippen molar-refractivity contribution in [1.29, 1.82) is 0 Å². The van der Waals surface area contributed by atoms with Crippen LogP contribution in [0, 0.1) is 11.7 Å². The second-order valence-electron chi connectivity index (χ2n) is 11.9. The minimum absolute atomic E-state index is 0.0697. The van der Waals surface area contributed by atoms with E-state index in [4.69, 9.17) is 0 Å². The number of hydrogen-bond acceptors (Lipinski definition) is 6. The molecule has 0 bridgehead atoms. The molecule has 3 aromatic carbocycles. The van der Waals surface area contributed by atoms with Crippen LogP contribution in [0.4, 0.5) is 10.1 Å². The molecule has 0 saturated carbocycles. The topological polar surface area (TPSA) is 137 Å². The maximum Gasteiger partial charge on any atom is 0.251 e. The van der Waals surface area contributed by atoms with Gasteiger partial charge in [-0.3, -0.25) is 18.7 Å². The molecule has 248 valence electrons. The molecule has 12 heteroatoms. The number of benzene rings is 3. The van der Waals surface area contributed by atoms with Crippen LogP contribution < -0.4 is 25.6 Å². The van der Waals surface area contributed by atoms with Crippen molar-refractivity contribution >= 4 is 33.4 Å². The summed E-state index contributed by atoms with van der Waals surface area (Å²) >= 11 is 0. The van der Waals surface area contributed by atoms with Crippen LogP contribution >= 0.6 is 0 Å². The van der Waals surface area contributed by atoms with Crippen LogP contribution in [0.5, 0.6) is 0 Å². The third kappa shape index (κ3) is 11.0. The van der Waals surface area contributed by atoms with E-state index in [9.17, 15) is 27.2 Å². The lowest BCUT2D eigenvalue weighted by molar-refractivity contribution is -0.122. The van der Waals surface area contributed by atoms with E-state index in [0.717, 1.165) is 16.1 Å². The largest absolute Gasteiger partial charge is 0.354 e. The zero-order valence-corrected chi connectivity index (χ0v) is 28.0. The Balaban J connectivity index is 1.88. The predicted molar refractivity (Wildman–Crippen MR) is 179 cm³/mol. The number of amides is 3. The van der Waals surface area contributed by atoms with Gasteiger partial charge in [0.1, 0.15) is 5.82 Å². The second-order valence-corrected chi connectivity index (χ2v) is 13.9. The van der Waals surface area contributed by atoms with Gasteiger partial charge in [-0.2, -0.15) is 0 Å². The zero-order chi connectivity index (χ0) is 34.0. The van der Waals surface area contributed by atoms with E-state index in [1.807, 2.05) is 44.2 Å². The van der Waals surface area contributed by atoms with Crippen LogP contribution in [-0.2, 0) is 21.2 Å². The van der Waals surface area contributed by atoms with Crippen molar-refractivity contribution < 1.29 is 27.2 Å². The molecule has 3 atom stereocenters. The first-order chi connectivity index (χ1) is 21.6. The number of halogens is 1. The molecule has 3 aromatic rings. The summed E-state index contributed by atoms with van der Waals surface area (Å²) in [6, 6.07) is 18.0. The van der Waals surface area contributed by atoms with E-state index in [1.54, 1.807) is 26.0 Å². The van der Waals surface area contributed by atoms with Gasteiger partial charge in [-0.1, -0.05) is 56.3 Å². The molecular weight excluding hydrogens is 609 g/mol. The second kappa shape index (κ2) is 16.3. The molecule has 46 heavy (non-hydrogen) atoms. The van der Waals surface area contributed by atoms with E-state index in [0.29, 0.717) is 24.4 Å². The van der Waals surface area contributed by atoms with Crippen LogP contribution in [0.15, 0.2) is 72.8 Å². The molecule has 0 radical (unpaired) electrons.